The predicted molar refractivity (Wildman–Crippen MR) is 321 cm³/mol. The Morgan fingerprint density at radius 1 is 0.314 bits per heavy atom. The molecular formula is C70H80F6O10. The highest BCUT2D eigenvalue weighted by Crippen LogP contribution is 2.32. The largest absolute Gasteiger partial charge is 0.494 e. The maximum absolute atomic E-state index is 14.0. The van der Waals surface area contributed by atoms with Crippen LogP contribution in [-0.4, -0.2) is 61.7 Å². The topological polar surface area (TPSA) is 124 Å². The Labute approximate surface area is 501 Å². The van der Waals surface area contributed by atoms with Crippen LogP contribution in [0.15, 0.2) is 146 Å². The van der Waals surface area contributed by atoms with Crippen LogP contribution in [0.2, 0.25) is 0 Å². The molecule has 0 saturated heterocycles. The van der Waals surface area contributed by atoms with Crippen molar-refractivity contribution in [3.63, 3.8) is 0 Å². The number of carbonyl (C=O) groups is 4. The molecule has 0 unspecified atom stereocenters. The lowest BCUT2D eigenvalue weighted by molar-refractivity contribution is -0.206. The second-order valence-electron chi connectivity index (χ2n) is 21.5. The van der Waals surface area contributed by atoms with Gasteiger partial charge in [-0.1, -0.05) is 165 Å². The highest BCUT2D eigenvalue weighted by molar-refractivity contribution is 5.93. The van der Waals surface area contributed by atoms with Crippen molar-refractivity contribution in [3.8, 4) is 45.3 Å². The van der Waals surface area contributed by atoms with Crippen LogP contribution in [0.4, 0.5) is 26.3 Å². The zero-order chi connectivity index (χ0) is 61.6. The average Bonchev–Trinajstić information content (AvgIpc) is 2.95. The van der Waals surface area contributed by atoms with Crippen LogP contribution in [0.5, 0.6) is 23.0 Å². The number of carbonyl (C=O) groups excluding carboxylic acids is 4. The highest BCUT2D eigenvalue weighted by Gasteiger charge is 2.43. The molecule has 462 valence electrons. The summed E-state index contributed by atoms with van der Waals surface area (Å²) in [6.07, 6.45) is 2.38. The number of unbranched alkanes of at least 4 members (excludes halogenated alkanes) is 17. The van der Waals surface area contributed by atoms with Gasteiger partial charge in [0.1, 0.15) is 23.0 Å². The van der Waals surface area contributed by atoms with Crippen LogP contribution in [0.3, 0.4) is 0 Å². The molecule has 16 heteroatoms. The Morgan fingerprint density at radius 3 is 0.860 bits per heavy atom. The van der Waals surface area contributed by atoms with E-state index in [9.17, 15) is 45.5 Å². The van der Waals surface area contributed by atoms with E-state index in [1.165, 1.54) is 99.9 Å². The van der Waals surface area contributed by atoms with E-state index in [1.54, 1.807) is 48.5 Å². The number of halogens is 6. The second-order valence-corrected chi connectivity index (χ2v) is 21.5. The fraction of sp³-hybridized carbons (Fsp3) is 0.429. The minimum Gasteiger partial charge on any atom is -0.494 e. The van der Waals surface area contributed by atoms with Gasteiger partial charge in [-0.05, 0) is 158 Å². The molecule has 10 nitrogen and oxygen atoms in total. The molecule has 0 heterocycles. The van der Waals surface area contributed by atoms with Crippen LogP contribution >= 0.6 is 0 Å². The van der Waals surface area contributed by atoms with E-state index in [2.05, 4.69) is 13.8 Å². The van der Waals surface area contributed by atoms with E-state index in [0.29, 0.717) is 51.7 Å². The van der Waals surface area contributed by atoms with Crippen molar-refractivity contribution in [2.24, 2.45) is 0 Å². The summed E-state index contributed by atoms with van der Waals surface area (Å²) in [5, 5.41) is 0. The molecule has 0 aliphatic heterocycles. The molecule has 0 aromatic heterocycles. The van der Waals surface area contributed by atoms with Gasteiger partial charge in [0.15, 0.2) is 12.2 Å². The van der Waals surface area contributed by atoms with Gasteiger partial charge < -0.3 is 28.4 Å². The number of hydrogen-bond donors (Lipinski definition) is 0. The van der Waals surface area contributed by atoms with Crippen molar-refractivity contribution in [2.45, 2.75) is 180 Å². The molecule has 0 radical (unpaired) electrons. The molecule has 0 saturated carbocycles. The normalized spacial score (nSPS) is 12.2. The molecule has 0 fully saturated rings. The molecule has 0 bridgehead atoms. The number of hydrogen-bond acceptors (Lipinski definition) is 10. The van der Waals surface area contributed by atoms with Crippen LogP contribution < -0.4 is 18.9 Å². The van der Waals surface area contributed by atoms with Gasteiger partial charge in [0.25, 0.3) is 0 Å². The Bertz CT molecular complexity index is 2740. The molecule has 6 aromatic rings. The maximum Gasteiger partial charge on any atom is 0.425 e. The molecule has 0 amide bonds. The first-order chi connectivity index (χ1) is 41.5. The molecular weight excluding hydrogens is 1110 g/mol. The van der Waals surface area contributed by atoms with E-state index < -0.39 is 61.3 Å². The van der Waals surface area contributed by atoms with Crippen molar-refractivity contribution in [2.75, 3.05) is 13.2 Å². The summed E-state index contributed by atoms with van der Waals surface area (Å²) in [6, 6.07) is 39.1. The average molecular weight is 1200 g/mol. The van der Waals surface area contributed by atoms with E-state index in [-0.39, 0.29) is 46.6 Å². The molecule has 0 spiro atoms. The lowest BCUT2D eigenvalue weighted by Crippen LogP contribution is -2.33. The molecule has 2 atom stereocenters. The highest BCUT2D eigenvalue weighted by atomic mass is 19.4. The van der Waals surface area contributed by atoms with Crippen molar-refractivity contribution in [1.29, 1.82) is 0 Å². The lowest BCUT2D eigenvalue weighted by atomic mass is 10.0. The van der Waals surface area contributed by atoms with E-state index in [0.717, 1.165) is 59.4 Å². The standard InChI is InChI=1S/C70H80F6O10/c1-3-5-7-9-17-21-49-81-59-41-33-53(34-42-59)51-25-29-55(30-26-51)65(77)83-61-45-37-57(38-46-61)67(79)85-63(69(71,72)73)23-19-15-13-11-12-14-16-20-24-64(70(74,75)76)86-68(80)58-39-47-62(48-40-58)84-66(78)56-31-27-52(28-32-56)54-35-43-60(44-36-54)82-50-22-18-10-8-6-4-2/h25-48,63-64H,3-24,49-50H2,1-2H3/t63-,64-/m0/s1. The van der Waals surface area contributed by atoms with Gasteiger partial charge in [-0.3, -0.25) is 0 Å². The molecule has 0 N–H and O–H groups in total. The summed E-state index contributed by atoms with van der Waals surface area (Å²) in [7, 11) is 0. The number of ether oxygens (including phenoxy) is 6. The number of alkyl halides is 6. The SMILES string of the molecule is CCCCCCCCOc1ccc(-c2ccc(C(=O)Oc3ccc(C(=O)O[C@@H](CCCCCCCCCC[C@H](OC(=O)c4ccc(OC(=O)c5ccc(-c6ccc(OCCCCCCCC)cc6)cc5)cc4)C(F)(F)F)C(F)(F)F)cc3)cc2)cc1. The summed E-state index contributed by atoms with van der Waals surface area (Å²) >= 11 is 0. The van der Waals surface area contributed by atoms with Crippen molar-refractivity contribution < 1.29 is 73.9 Å². The van der Waals surface area contributed by atoms with E-state index in [1.807, 2.05) is 48.5 Å². The molecule has 0 aliphatic rings. The number of rotatable bonds is 37. The van der Waals surface area contributed by atoms with Crippen LogP contribution in [-0.2, 0) is 9.47 Å². The third-order valence-electron chi connectivity index (χ3n) is 14.7. The van der Waals surface area contributed by atoms with Gasteiger partial charge >= 0.3 is 36.2 Å². The summed E-state index contributed by atoms with van der Waals surface area (Å²) in [5.74, 6) is -1.96. The van der Waals surface area contributed by atoms with E-state index >= 15 is 0 Å². The first-order valence-corrected chi connectivity index (χ1v) is 30.4. The minimum absolute atomic E-state index is 0.0785. The van der Waals surface area contributed by atoms with Crippen LogP contribution in [0.25, 0.3) is 22.3 Å². The summed E-state index contributed by atoms with van der Waals surface area (Å²) in [5.41, 5.74) is 3.86. The quantitative estimate of drug-likeness (QED) is 0.0161. The second kappa shape index (κ2) is 35.7. The van der Waals surface area contributed by atoms with Gasteiger partial charge in [0.05, 0.1) is 35.5 Å². The van der Waals surface area contributed by atoms with Gasteiger partial charge in [0.2, 0.25) is 0 Å². The summed E-state index contributed by atoms with van der Waals surface area (Å²) in [6.45, 7) is 5.72. The maximum atomic E-state index is 14.0. The Kier molecular flexibility index (Phi) is 28.1. The monoisotopic (exact) mass is 1190 g/mol. The smallest absolute Gasteiger partial charge is 0.425 e. The number of benzene rings is 6. The summed E-state index contributed by atoms with van der Waals surface area (Å²) in [4.78, 5) is 51.5. The van der Waals surface area contributed by atoms with E-state index in [4.69, 9.17) is 28.4 Å². The Hall–Kier alpha value is -7.62. The lowest BCUT2D eigenvalue weighted by Gasteiger charge is -2.21. The Morgan fingerprint density at radius 2 is 0.558 bits per heavy atom. The zero-order valence-electron chi connectivity index (χ0n) is 49.3. The van der Waals surface area contributed by atoms with Gasteiger partial charge in [-0.2, -0.15) is 26.3 Å². The third kappa shape index (κ3) is 23.7. The van der Waals surface area contributed by atoms with Crippen molar-refractivity contribution >= 4 is 23.9 Å². The third-order valence-corrected chi connectivity index (χ3v) is 14.7. The van der Waals surface area contributed by atoms with Crippen LogP contribution in [0, 0.1) is 0 Å². The van der Waals surface area contributed by atoms with Gasteiger partial charge in [-0.15, -0.1) is 0 Å². The fourth-order valence-corrected chi connectivity index (χ4v) is 9.57. The van der Waals surface area contributed by atoms with Gasteiger partial charge in [0, 0.05) is 0 Å². The Balaban J connectivity index is 0.829. The molecule has 6 rings (SSSR count). The minimum atomic E-state index is -4.82. The number of esters is 4. The van der Waals surface area contributed by atoms with Crippen LogP contribution in [0.1, 0.15) is 197 Å². The summed E-state index contributed by atoms with van der Waals surface area (Å²) < 4.78 is 116. The molecule has 6 aromatic carbocycles. The molecule has 86 heavy (non-hydrogen) atoms. The fourth-order valence-electron chi connectivity index (χ4n) is 9.57. The zero-order valence-corrected chi connectivity index (χ0v) is 49.3. The first-order valence-electron chi connectivity index (χ1n) is 30.4. The first kappa shape index (κ1) is 67.5. The van der Waals surface area contributed by atoms with Crippen molar-refractivity contribution in [3.05, 3.63) is 168 Å². The molecule has 0 aliphatic carbocycles. The predicted octanol–water partition coefficient (Wildman–Crippen LogP) is 19.7. The van der Waals surface area contributed by atoms with Gasteiger partial charge in [-0.25, -0.2) is 19.2 Å². The van der Waals surface area contributed by atoms with Crippen molar-refractivity contribution in [1.82, 2.24) is 0 Å².